The van der Waals surface area contributed by atoms with E-state index < -0.39 is 18.7 Å². The van der Waals surface area contributed by atoms with Gasteiger partial charge in [0.05, 0.1) is 11.9 Å². The van der Waals surface area contributed by atoms with Gasteiger partial charge in [0.2, 0.25) is 11.8 Å². The summed E-state index contributed by atoms with van der Waals surface area (Å²) in [4.78, 5) is 15.6. The highest BCUT2D eigenvalue weighted by atomic mass is 79.9. The molecular weight excluding hydrogens is 385 g/mol. The number of ether oxygens (including phenoxy) is 3. The van der Waals surface area contributed by atoms with Gasteiger partial charge in [-0.2, -0.15) is 13.2 Å². The molecule has 0 saturated heterocycles. The molecule has 0 aromatic carbocycles. The summed E-state index contributed by atoms with van der Waals surface area (Å²) >= 11 is 2.96. The van der Waals surface area contributed by atoms with Crippen molar-refractivity contribution in [3.63, 3.8) is 0 Å². The molecule has 1 aromatic heterocycles. The predicted molar refractivity (Wildman–Crippen MR) is 80.3 cm³/mol. The van der Waals surface area contributed by atoms with Crippen LogP contribution in [-0.2, 0) is 9.53 Å². The van der Waals surface area contributed by atoms with Crippen LogP contribution in [0.1, 0.15) is 5.69 Å². The first-order valence-corrected chi connectivity index (χ1v) is 7.57. The molecule has 0 aliphatic rings. The summed E-state index contributed by atoms with van der Waals surface area (Å²) in [5.74, 6) is -0.686. The van der Waals surface area contributed by atoms with Crippen LogP contribution in [0, 0.1) is 6.92 Å². The Morgan fingerprint density at radius 1 is 1.35 bits per heavy atom. The van der Waals surface area contributed by atoms with Crippen molar-refractivity contribution in [1.82, 2.24) is 4.98 Å². The molecule has 0 aliphatic carbocycles. The van der Waals surface area contributed by atoms with E-state index in [9.17, 15) is 18.0 Å². The van der Waals surface area contributed by atoms with E-state index in [1.807, 2.05) is 0 Å². The number of amides is 1. The van der Waals surface area contributed by atoms with Gasteiger partial charge in [0.15, 0.2) is 12.4 Å². The van der Waals surface area contributed by atoms with Gasteiger partial charge < -0.3 is 19.5 Å². The largest absolute Gasteiger partial charge is 0.482 e. The summed E-state index contributed by atoms with van der Waals surface area (Å²) in [5, 5.41) is 2.37. The Labute approximate surface area is 139 Å². The number of pyridine rings is 1. The first-order chi connectivity index (χ1) is 10.8. The number of carbonyl (C=O) groups excluding carboxylic acids is 1. The Bertz CT molecular complexity index is 541. The summed E-state index contributed by atoms with van der Waals surface area (Å²) in [6.07, 6.45) is -4.51. The molecule has 0 aliphatic heterocycles. The van der Waals surface area contributed by atoms with Gasteiger partial charge in [0.25, 0.3) is 0 Å². The molecule has 1 N–H and O–H groups in total. The average molecular weight is 401 g/mol. The molecular formula is C13H16BrF3N2O4. The minimum atomic E-state index is -4.51. The number of aromatic nitrogens is 1. The maximum Gasteiger partial charge on any atom is 0.422 e. The molecule has 1 rings (SSSR count). The molecule has 1 aromatic rings. The van der Waals surface area contributed by atoms with E-state index in [4.69, 9.17) is 14.2 Å². The minimum Gasteiger partial charge on any atom is -0.482 e. The second-order valence-corrected chi connectivity index (χ2v) is 4.93. The molecule has 0 unspecified atom stereocenters. The standard InChI is InChI=1S/C13H16BrF3N2O4/c1-8-5-9(23-7-13(15,16)17)11(19-10(20)6-14)12(18-8)22-4-3-21-2/h5H,3-4,6-7H2,1-2H3,(H,19,20). The highest BCUT2D eigenvalue weighted by molar-refractivity contribution is 9.09. The number of rotatable bonds is 8. The van der Waals surface area contributed by atoms with Gasteiger partial charge in [-0.15, -0.1) is 0 Å². The Hall–Kier alpha value is -1.55. The summed E-state index contributed by atoms with van der Waals surface area (Å²) < 4.78 is 52.1. The molecule has 130 valence electrons. The van der Waals surface area contributed by atoms with Crippen molar-refractivity contribution in [3.8, 4) is 11.6 Å². The number of nitrogens with zero attached hydrogens (tertiary/aromatic N) is 1. The van der Waals surface area contributed by atoms with Crippen molar-refractivity contribution < 1.29 is 32.2 Å². The van der Waals surface area contributed by atoms with E-state index in [1.54, 1.807) is 6.92 Å². The molecule has 6 nitrogen and oxygen atoms in total. The van der Waals surface area contributed by atoms with Crippen molar-refractivity contribution in [1.29, 1.82) is 0 Å². The zero-order valence-electron chi connectivity index (χ0n) is 12.5. The van der Waals surface area contributed by atoms with Crippen LogP contribution in [0.4, 0.5) is 18.9 Å². The Morgan fingerprint density at radius 3 is 2.61 bits per heavy atom. The van der Waals surface area contributed by atoms with Crippen molar-refractivity contribution in [2.24, 2.45) is 0 Å². The van der Waals surface area contributed by atoms with Crippen LogP contribution in [0.2, 0.25) is 0 Å². The topological polar surface area (TPSA) is 69.7 Å². The molecule has 0 spiro atoms. The number of hydrogen-bond donors (Lipinski definition) is 1. The van der Waals surface area contributed by atoms with Crippen molar-refractivity contribution in [2.75, 3.05) is 37.6 Å². The lowest BCUT2D eigenvalue weighted by molar-refractivity contribution is -0.153. The number of hydrogen-bond acceptors (Lipinski definition) is 5. The van der Waals surface area contributed by atoms with Crippen LogP contribution in [0.25, 0.3) is 0 Å². The van der Waals surface area contributed by atoms with Crippen molar-refractivity contribution in [3.05, 3.63) is 11.8 Å². The second-order valence-electron chi connectivity index (χ2n) is 4.37. The zero-order chi connectivity index (χ0) is 17.5. The summed E-state index contributed by atoms with van der Waals surface area (Å²) in [6, 6.07) is 1.29. The Morgan fingerprint density at radius 2 is 2.04 bits per heavy atom. The third-order valence-electron chi connectivity index (χ3n) is 2.38. The normalized spacial score (nSPS) is 11.2. The third kappa shape index (κ3) is 7.04. The smallest absolute Gasteiger partial charge is 0.422 e. The first-order valence-electron chi connectivity index (χ1n) is 6.45. The monoisotopic (exact) mass is 400 g/mol. The van der Waals surface area contributed by atoms with Crippen LogP contribution < -0.4 is 14.8 Å². The van der Waals surface area contributed by atoms with E-state index in [-0.39, 0.29) is 35.9 Å². The maximum absolute atomic E-state index is 12.4. The van der Waals surface area contributed by atoms with Gasteiger partial charge in [0.1, 0.15) is 12.3 Å². The summed E-state index contributed by atoms with van der Waals surface area (Å²) in [6.45, 7) is 0.438. The van der Waals surface area contributed by atoms with Gasteiger partial charge >= 0.3 is 6.18 Å². The number of anilines is 1. The first kappa shape index (κ1) is 19.5. The fourth-order valence-electron chi connectivity index (χ4n) is 1.50. The molecule has 0 bridgehead atoms. The minimum absolute atomic E-state index is 0.0338. The van der Waals surface area contributed by atoms with Gasteiger partial charge in [0, 0.05) is 18.9 Å². The van der Waals surface area contributed by atoms with Crippen LogP contribution in [0.15, 0.2) is 6.07 Å². The van der Waals surface area contributed by atoms with Crippen LogP contribution in [0.5, 0.6) is 11.6 Å². The quantitative estimate of drug-likeness (QED) is 0.536. The second kappa shape index (κ2) is 8.92. The van der Waals surface area contributed by atoms with Crippen LogP contribution >= 0.6 is 15.9 Å². The SMILES string of the molecule is COCCOc1nc(C)cc(OCC(F)(F)F)c1NC(=O)CBr. The van der Waals surface area contributed by atoms with Crippen LogP contribution in [0.3, 0.4) is 0 Å². The Balaban J connectivity index is 3.10. The van der Waals surface area contributed by atoms with Crippen molar-refractivity contribution in [2.45, 2.75) is 13.1 Å². The van der Waals surface area contributed by atoms with E-state index in [0.29, 0.717) is 5.69 Å². The number of aryl methyl sites for hydroxylation is 1. The third-order valence-corrected chi connectivity index (χ3v) is 2.89. The van der Waals surface area contributed by atoms with Gasteiger partial charge in [-0.05, 0) is 6.92 Å². The molecule has 1 heterocycles. The van der Waals surface area contributed by atoms with E-state index >= 15 is 0 Å². The number of methoxy groups -OCH3 is 1. The zero-order valence-corrected chi connectivity index (χ0v) is 14.1. The van der Waals surface area contributed by atoms with Crippen molar-refractivity contribution >= 4 is 27.5 Å². The number of alkyl halides is 4. The summed E-state index contributed by atoms with van der Waals surface area (Å²) in [7, 11) is 1.47. The Kier molecular flexibility index (Phi) is 7.56. The highest BCUT2D eigenvalue weighted by Gasteiger charge is 2.29. The summed E-state index contributed by atoms with van der Waals surface area (Å²) in [5.41, 5.74) is 0.326. The van der Waals surface area contributed by atoms with Crippen LogP contribution in [-0.4, -0.2) is 49.3 Å². The van der Waals surface area contributed by atoms with Gasteiger partial charge in [-0.3, -0.25) is 4.79 Å². The number of halogens is 4. The molecule has 0 saturated carbocycles. The lowest BCUT2D eigenvalue weighted by Gasteiger charge is -2.17. The highest BCUT2D eigenvalue weighted by Crippen LogP contribution is 2.35. The van der Waals surface area contributed by atoms with Gasteiger partial charge in [-0.1, -0.05) is 15.9 Å². The molecule has 10 heteroatoms. The molecule has 23 heavy (non-hydrogen) atoms. The number of nitrogens with one attached hydrogen (secondary N) is 1. The lowest BCUT2D eigenvalue weighted by Crippen LogP contribution is -2.21. The fourth-order valence-corrected chi connectivity index (χ4v) is 1.64. The van der Waals surface area contributed by atoms with E-state index in [2.05, 4.69) is 26.2 Å². The fraction of sp³-hybridized carbons (Fsp3) is 0.538. The maximum atomic E-state index is 12.4. The molecule has 1 amide bonds. The predicted octanol–water partition coefficient (Wildman–Crippen LogP) is 2.69. The lowest BCUT2D eigenvalue weighted by atomic mass is 10.3. The molecule has 0 radical (unpaired) electrons. The number of carbonyl (C=O) groups is 1. The molecule has 0 fully saturated rings. The molecule has 0 atom stereocenters. The van der Waals surface area contributed by atoms with E-state index in [0.717, 1.165) is 0 Å². The average Bonchev–Trinajstić information content (AvgIpc) is 2.47. The van der Waals surface area contributed by atoms with E-state index in [1.165, 1.54) is 13.2 Å². The van der Waals surface area contributed by atoms with Gasteiger partial charge in [-0.25, -0.2) is 4.98 Å².